The van der Waals surface area contributed by atoms with Gasteiger partial charge in [-0.25, -0.2) is 0 Å². The van der Waals surface area contributed by atoms with Gasteiger partial charge in [-0.2, -0.15) is 0 Å². The zero-order valence-electron chi connectivity index (χ0n) is 10.3. The van der Waals surface area contributed by atoms with E-state index in [2.05, 4.69) is 32.6 Å². The molecule has 1 aliphatic rings. The molecule has 1 fully saturated rings. The maximum atomic E-state index is 4.22. The fourth-order valence-corrected chi connectivity index (χ4v) is 2.26. The van der Waals surface area contributed by atoms with E-state index in [4.69, 9.17) is 0 Å². The van der Waals surface area contributed by atoms with Gasteiger partial charge in [0.25, 0.3) is 0 Å². The van der Waals surface area contributed by atoms with E-state index < -0.39 is 0 Å². The molecule has 0 aromatic rings. The Hall–Kier alpha value is -0.780. The molecule has 0 aliphatic heterocycles. The SMILES string of the molecule is C=C1CCCC/C1=C(/C=C\C)CCCC. The van der Waals surface area contributed by atoms with Gasteiger partial charge in [0.15, 0.2) is 0 Å². The van der Waals surface area contributed by atoms with Crippen LogP contribution in [0.3, 0.4) is 0 Å². The summed E-state index contributed by atoms with van der Waals surface area (Å²) in [6.07, 6.45) is 13.4. The molecule has 0 spiro atoms. The van der Waals surface area contributed by atoms with Crippen molar-refractivity contribution in [1.82, 2.24) is 0 Å². The highest BCUT2D eigenvalue weighted by Crippen LogP contribution is 2.32. The first-order valence-electron chi connectivity index (χ1n) is 6.32. The Balaban J connectivity index is 2.80. The summed E-state index contributed by atoms with van der Waals surface area (Å²) in [5.41, 5.74) is 4.50. The highest BCUT2D eigenvalue weighted by Gasteiger charge is 2.12. The smallest absolute Gasteiger partial charge is 0.0274 e. The largest absolute Gasteiger partial charge is 0.0955 e. The second kappa shape index (κ2) is 6.66. The molecule has 15 heavy (non-hydrogen) atoms. The van der Waals surface area contributed by atoms with Crippen molar-refractivity contribution in [1.29, 1.82) is 0 Å². The predicted molar refractivity (Wildman–Crippen MR) is 69.0 cm³/mol. The molecule has 0 radical (unpaired) electrons. The van der Waals surface area contributed by atoms with E-state index in [1.54, 1.807) is 11.1 Å². The Morgan fingerprint density at radius 2 is 2.07 bits per heavy atom. The van der Waals surface area contributed by atoms with Crippen LogP contribution in [0.15, 0.2) is 35.5 Å². The zero-order valence-corrected chi connectivity index (χ0v) is 10.3. The van der Waals surface area contributed by atoms with Gasteiger partial charge in [0.05, 0.1) is 0 Å². The first-order chi connectivity index (χ1) is 7.29. The van der Waals surface area contributed by atoms with Crippen molar-refractivity contribution in [2.45, 2.75) is 58.8 Å². The van der Waals surface area contributed by atoms with Crippen LogP contribution in [0.4, 0.5) is 0 Å². The number of rotatable bonds is 4. The van der Waals surface area contributed by atoms with Crippen LogP contribution >= 0.6 is 0 Å². The summed E-state index contributed by atoms with van der Waals surface area (Å²) in [4.78, 5) is 0. The Bertz CT molecular complexity index is 266. The van der Waals surface area contributed by atoms with E-state index in [0.717, 1.165) is 0 Å². The minimum absolute atomic E-state index is 1.21. The Morgan fingerprint density at radius 3 is 2.67 bits per heavy atom. The lowest BCUT2D eigenvalue weighted by Gasteiger charge is -2.20. The minimum Gasteiger partial charge on any atom is -0.0955 e. The second-order valence-electron chi connectivity index (χ2n) is 4.42. The van der Waals surface area contributed by atoms with Gasteiger partial charge < -0.3 is 0 Å². The molecule has 0 amide bonds. The van der Waals surface area contributed by atoms with Gasteiger partial charge in [0.2, 0.25) is 0 Å². The van der Waals surface area contributed by atoms with Crippen molar-refractivity contribution in [3.63, 3.8) is 0 Å². The van der Waals surface area contributed by atoms with E-state index in [1.165, 1.54) is 50.5 Å². The van der Waals surface area contributed by atoms with Gasteiger partial charge in [-0.3, -0.25) is 0 Å². The summed E-state index contributed by atoms with van der Waals surface area (Å²) in [5.74, 6) is 0. The lowest BCUT2D eigenvalue weighted by atomic mass is 9.85. The molecule has 1 saturated carbocycles. The van der Waals surface area contributed by atoms with Gasteiger partial charge >= 0.3 is 0 Å². The summed E-state index contributed by atoms with van der Waals surface area (Å²) < 4.78 is 0. The Kier molecular flexibility index (Phi) is 5.45. The number of hydrogen-bond donors (Lipinski definition) is 0. The average molecular weight is 204 g/mol. The Labute approximate surface area is 94.8 Å². The molecule has 1 aliphatic carbocycles. The molecular formula is C15H24. The van der Waals surface area contributed by atoms with Crippen LogP contribution in [0.25, 0.3) is 0 Å². The first-order valence-corrected chi connectivity index (χ1v) is 6.32. The molecule has 0 heteroatoms. The van der Waals surface area contributed by atoms with E-state index in [0.29, 0.717) is 0 Å². The topological polar surface area (TPSA) is 0 Å². The maximum Gasteiger partial charge on any atom is -0.0274 e. The molecule has 0 atom stereocenters. The first kappa shape index (κ1) is 12.3. The van der Waals surface area contributed by atoms with Crippen molar-refractivity contribution in [2.24, 2.45) is 0 Å². The summed E-state index contributed by atoms with van der Waals surface area (Å²) in [7, 11) is 0. The average Bonchev–Trinajstić information content (AvgIpc) is 2.25. The van der Waals surface area contributed by atoms with Crippen molar-refractivity contribution in [3.8, 4) is 0 Å². The summed E-state index contributed by atoms with van der Waals surface area (Å²) in [6, 6.07) is 0. The van der Waals surface area contributed by atoms with E-state index in [-0.39, 0.29) is 0 Å². The van der Waals surface area contributed by atoms with Crippen molar-refractivity contribution in [3.05, 3.63) is 35.5 Å². The molecule has 0 nitrogen and oxygen atoms in total. The normalized spacial score (nSPS) is 21.1. The van der Waals surface area contributed by atoms with E-state index in [1.807, 2.05) is 0 Å². The third-order valence-corrected chi connectivity index (χ3v) is 3.14. The van der Waals surface area contributed by atoms with Crippen LogP contribution < -0.4 is 0 Å². The Morgan fingerprint density at radius 1 is 1.33 bits per heavy atom. The molecule has 0 aromatic heterocycles. The highest BCUT2D eigenvalue weighted by molar-refractivity contribution is 5.39. The standard InChI is InChI=1S/C15H24/c1-4-6-11-14(9-5-2)15-12-8-7-10-13(15)3/h5,9H,3-4,6-8,10-12H2,1-2H3/b9-5-,15-14+. The maximum absolute atomic E-state index is 4.22. The van der Waals surface area contributed by atoms with Crippen molar-refractivity contribution in [2.75, 3.05) is 0 Å². The summed E-state index contributed by atoms with van der Waals surface area (Å²) in [6.45, 7) is 8.58. The lowest BCUT2D eigenvalue weighted by Crippen LogP contribution is -2.01. The fourth-order valence-electron chi connectivity index (χ4n) is 2.26. The van der Waals surface area contributed by atoms with Crippen LogP contribution in [0, 0.1) is 0 Å². The van der Waals surface area contributed by atoms with Crippen LogP contribution in [0.1, 0.15) is 58.8 Å². The van der Waals surface area contributed by atoms with Gasteiger partial charge in [0, 0.05) is 0 Å². The third kappa shape index (κ3) is 3.70. The molecule has 84 valence electrons. The number of hydrogen-bond acceptors (Lipinski definition) is 0. The van der Waals surface area contributed by atoms with E-state index >= 15 is 0 Å². The van der Waals surface area contributed by atoms with Gasteiger partial charge in [-0.1, -0.05) is 37.6 Å². The van der Waals surface area contributed by atoms with Crippen LogP contribution in [0.5, 0.6) is 0 Å². The molecule has 1 rings (SSSR count). The van der Waals surface area contributed by atoms with Crippen LogP contribution in [-0.2, 0) is 0 Å². The quantitative estimate of drug-likeness (QED) is 0.592. The van der Waals surface area contributed by atoms with Crippen LogP contribution in [0.2, 0.25) is 0 Å². The summed E-state index contributed by atoms with van der Waals surface area (Å²) >= 11 is 0. The van der Waals surface area contributed by atoms with Crippen molar-refractivity contribution >= 4 is 0 Å². The van der Waals surface area contributed by atoms with E-state index in [9.17, 15) is 0 Å². The molecule has 0 heterocycles. The fraction of sp³-hybridized carbons (Fsp3) is 0.600. The number of allylic oxidation sites excluding steroid dienone is 5. The molecule has 0 N–H and O–H groups in total. The molecule has 0 aromatic carbocycles. The molecule has 0 saturated heterocycles. The van der Waals surface area contributed by atoms with Gasteiger partial charge in [0.1, 0.15) is 0 Å². The van der Waals surface area contributed by atoms with Crippen molar-refractivity contribution < 1.29 is 0 Å². The minimum atomic E-state index is 1.21. The predicted octanol–water partition coefficient (Wildman–Crippen LogP) is 5.18. The highest BCUT2D eigenvalue weighted by atomic mass is 14.2. The molecule has 0 bridgehead atoms. The third-order valence-electron chi connectivity index (χ3n) is 3.14. The summed E-state index contributed by atoms with van der Waals surface area (Å²) in [5, 5.41) is 0. The molecule has 0 unspecified atom stereocenters. The van der Waals surface area contributed by atoms with Crippen LogP contribution in [-0.4, -0.2) is 0 Å². The second-order valence-corrected chi connectivity index (χ2v) is 4.42. The monoisotopic (exact) mass is 204 g/mol. The van der Waals surface area contributed by atoms with Gasteiger partial charge in [-0.05, 0) is 56.6 Å². The lowest BCUT2D eigenvalue weighted by molar-refractivity contribution is 0.669. The number of unbranched alkanes of at least 4 members (excludes halogenated alkanes) is 1. The zero-order chi connectivity index (χ0) is 11.1. The van der Waals surface area contributed by atoms with Gasteiger partial charge in [-0.15, -0.1) is 0 Å². The molecular weight excluding hydrogens is 180 g/mol.